The zero-order valence-electron chi connectivity index (χ0n) is 11.9. The van der Waals surface area contributed by atoms with E-state index in [0.717, 1.165) is 37.2 Å². The number of likely N-dealkylation sites (tertiary alicyclic amines) is 1. The molecule has 2 unspecified atom stereocenters. The third kappa shape index (κ3) is 3.15. The minimum atomic E-state index is 0.692. The summed E-state index contributed by atoms with van der Waals surface area (Å²) in [6.07, 6.45) is 3.90. The molecule has 1 saturated heterocycles. The van der Waals surface area contributed by atoms with Crippen molar-refractivity contribution >= 4 is 0 Å². The largest absolute Gasteiger partial charge is 0.463 e. The number of furan rings is 1. The Hall–Kier alpha value is -0.800. The van der Waals surface area contributed by atoms with Gasteiger partial charge < -0.3 is 9.73 Å². The van der Waals surface area contributed by atoms with Crippen molar-refractivity contribution in [3.05, 3.63) is 23.7 Å². The van der Waals surface area contributed by atoms with Crippen LogP contribution in [0.15, 0.2) is 16.5 Å². The van der Waals surface area contributed by atoms with Gasteiger partial charge in [0.25, 0.3) is 0 Å². The van der Waals surface area contributed by atoms with Crippen LogP contribution in [0.4, 0.5) is 0 Å². The molecule has 3 nitrogen and oxygen atoms in total. The van der Waals surface area contributed by atoms with Gasteiger partial charge in [0.15, 0.2) is 0 Å². The normalized spacial score (nSPS) is 24.8. The zero-order valence-corrected chi connectivity index (χ0v) is 11.9. The topological polar surface area (TPSA) is 28.4 Å². The predicted molar refractivity (Wildman–Crippen MR) is 74.4 cm³/mol. The van der Waals surface area contributed by atoms with Gasteiger partial charge in [-0.25, -0.2) is 0 Å². The lowest BCUT2D eigenvalue weighted by Crippen LogP contribution is -2.33. The predicted octanol–water partition coefficient (Wildman–Crippen LogP) is 3.15. The lowest BCUT2D eigenvalue weighted by Gasteiger charge is -2.26. The molecule has 1 fully saturated rings. The maximum Gasteiger partial charge on any atom is 0.118 e. The Labute approximate surface area is 111 Å². The van der Waals surface area contributed by atoms with E-state index in [0.29, 0.717) is 6.04 Å². The van der Waals surface area contributed by atoms with Gasteiger partial charge in [-0.3, -0.25) is 4.90 Å². The average Bonchev–Trinajstić information content (AvgIpc) is 2.96. The highest BCUT2D eigenvalue weighted by molar-refractivity contribution is 5.08. The van der Waals surface area contributed by atoms with Crippen molar-refractivity contribution in [2.45, 2.75) is 65.2 Å². The average molecular weight is 250 g/mol. The van der Waals surface area contributed by atoms with Crippen LogP contribution >= 0.6 is 0 Å². The van der Waals surface area contributed by atoms with Gasteiger partial charge >= 0.3 is 0 Å². The molecule has 0 aromatic carbocycles. The maximum atomic E-state index is 5.88. The highest BCUT2D eigenvalue weighted by Crippen LogP contribution is 2.28. The summed E-state index contributed by atoms with van der Waals surface area (Å²) in [5, 5.41) is 3.29. The highest BCUT2D eigenvalue weighted by atomic mass is 16.3. The number of rotatable bonds is 6. The van der Waals surface area contributed by atoms with Crippen molar-refractivity contribution in [2.75, 3.05) is 6.54 Å². The highest BCUT2D eigenvalue weighted by Gasteiger charge is 2.29. The first-order valence-corrected chi connectivity index (χ1v) is 7.28. The third-order valence-electron chi connectivity index (χ3n) is 4.03. The van der Waals surface area contributed by atoms with Gasteiger partial charge in [-0.05, 0) is 44.9 Å². The Bertz CT molecular complexity index is 361. The Morgan fingerprint density at radius 1 is 1.28 bits per heavy atom. The van der Waals surface area contributed by atoms with E-state index in [4.69, 9.17) is 4.42 Å². The van der Waals surface area contributed by atoms with E-state index in [-0.39, 0.29) is 0 Å². The second-order valence-electron chi connectivity index (χ2n) is 5.31. The quantitative estimate of drug-likeness (QED) is 0.840. The molecule has 2 rings (SSSR count). The monoisotopic (exact) mass is 250 g/mol. The fourth-order valence-electron chi connectivity index (χ4n) is 2.88. The molecule has 1 aliphatic rings. The summed E-state index contributed by atoms with van der Waals surface area (Å²) >= 11 is 0. The second kappa shape index (κ2) is 6.39. The molecular formula is C15H26N2O. The van der Waals surface area contributed by atoms with E-state index < -0.39 is 0 Å². The van der Waals surface area contributed by atoms with Crippen molar-refractivity contribution < 1.29 is 4.42 Å². The van der Waals surface area contributed by atoms with E-state index in [1.807, 2.05) is 0 Å². The Kier molecular flexibility index (Phi) is 4.84. The van der Waals surface area contributed by atoms with Crippen LogP contribution in [0.1, 0.15) is 51.6 Å². The van der Waals surface area contributed by atoms with Crippen LogP contribution < -0.4 is 5.32 Å². The molecule has 0 saturated carbocycles. The number of nitrogens with zero attached hydrogens (tertiary/aromatic N) is 1. The molecule has 0 bridgehead atoms. The summed E-state index contributed by atoms with van der Waals surface area (Å²) in [5.41, 5.74) is 0. The molecule has 1 aromatic rings. The van der Waals surface area contributed by atoms with Crippen LogP contribution in [0.5, 0.6) is 0 Å². The standard InChI is InChI=1S/C15H26N2O/c1-4-13-7-6-12(3)17(13)11-15-9-8-14(18-15)10-16-5-2/h8-9,12-13,16H,4-7,10-11H2,1-3H3. The minimum absolute atomic E-state index is 0.692. The van der Waals surface area contributed by atoms with Crippen LogP contribution in [0.3, 0.4) is 0 Å². The van der Waals surface area contributed by atoms with Crippen molar-refractivity contribution in [1.29, 1.82) is 0 Å². The van der Waals surface area contributed by atoms with E-state index in [1.54, 1.807) is 0 Å². The molecular weight excluding hydrogens is 224 g/mol. The first-order chi connectivity index (χ1) is 8.74. The summed E-state index contributed by atoms with van der Waals surface area (Å²) in [6.45, 7) is 9.51. The molecule has 1 aromatic heterocycles. The zero-order chi connectivity index (χ0) is 13.0. The van der Waals surface area contributed by atoms with Crippen LogP contribution in [0.2, 0.25) is 0 Å². The summed E-state index contributed by atoms with van der Waals surface area (Å²) in [4.78, 5) is 2.59. The van der Waals surface area contributed by atoms with Crippen molar-refractivity contribution in [1.82, 2.24) is 10.2 Å². The van der Waals surface area contributed by atoms with E-state index in [9.17, 15) is 0 Å². The molecule has 1 aliphatic heterocycles. The third-order valence-corrected chi connectivity index (χ3v) is 4.03. The Morgan fingerprint density at radius 2 is 2.06 bits per heavy atom. The lowest BCUT2D eigenvalue weighted by molar-refractivity contribution is 0.174. The minimum Gasteiger partial charge on any atom is -0.463 e. The van der Waals surface area contributed by atoms with Gasteiger partial charge in [-0.1, -0.05) is 13.8 Å². The lowest BCUT2D eigenvalue weighted by atomic mass is 10.1. The molecule has 102 valence electrons. The molecule has 0 spiro atoms. The second-order valence-corrected chi connectivity index (χ2v) is 5.31. The summed E-state index contributed by atoms with van der Waals surface area (Å²) in [5.74, 6) is 2.15. The molecule has 2 atom stereocenters. The van der Waals surface area contributed by atoms with Gasteiger partial charge in [0.1, 0.15) is 11.5 Å². The number of nitrogens with one attached hydrogen (secondary N) is 1. The van der Waals surface area contributed by atoms with Gasteiger partial charge in [0, 0.05) is 12.1 Å². The smallest absolute Gasteiger partial charge is 0.118 e. The molecule has 0 aliphatic carbocycles. The molecule has 2 heterocycles. The van der Waals surface area contributed by atoms with Crippen molar-refractivity contribution in [2.24, 2.45) is 0 Å². The van der Waals surface area contributed by atoms with Gasteiger partial charge in [0.2, 0.25) is 0 Å². The van der Waals surface area contributed by atoms with Crippen LogP contribution in [-0.4, -0.2) is 23.5 Å². The number of hydrogen-bond donors (Lipinski definition) is 1. The first kappa shape index (κ1) is 13.6. The molecule has 0 amide bonds. The molecule has 1 N–H and O–H groups in total. The first-order valence-electron chi connectivity index (χ1n) is 7.28. The molecule has 18 heavy (non-hydrogen) atoms. The van der Waals surface area contributed by atoms with E-state index >= 15 is 0 Å². The molecule has 3 heteroatoms. The van der Waals surface area contributed by atoms with Gasteiger partial charge in [-0.2, -0.15) is 0 Å². The van der Waals surface area contributed by atoms with Crippen LogP contribution in [-0.2, 0) is 13.1 Å². The maximum absolute atomic E-state index is 5.88. The summed E-state index contributed by atoms with van der Waals surface area (Å²) in [7, 11) is 0. The Balaban J connectivity index is 1.93. The Morgan fingerprint density at radius 3 is 2.78 bits per heavy atom. The van der Waals surface area contributed by atoms with Crippen molar-refractivity contribution in [3.63, 3.8) is 0 Å². The van der Waals surface area contributed by atoms with Crippen LogP contribution in [0, 0.1) is 0 Å². The summed E-state index contributed by atoms with van der Waals surface area (Å²) < 4.78 is 5.88. The fraction of sp³-hybridized carbons (Fsp3) is 0.733. The van der Waals surface area contributed by atoms with E-state index in [2.05, 4.69) is 43.1 Å². The summed E-state index contributed by atoms with van der Waals surface area (Å²) in [6, 6.07) is 5.66. The van der Waals surface area contributed by atoms with Gasteiger partial charge in [0.05, 0.1) is 13.1 Å². The van der Waals surface area contributed by atoms with Crippen LogP contribution in [0.25, 0.3) is 0 Å². The SMILES string of the molecule is CCNCc1ccc(CN2C(C)CCC2CC)o1. The van der Waals surface area contributed by atoms with Gasteiger partial charge in [-0.15, -0.1) is 0 Å². The molecule has 0 radical (unpaired) electrons. The van der Waals surface area contributed by atoms with E-state index in [1.165, 1.54) is 19.3 Å². The fourth-order valence-corrected chi connectivity index (χ4v) is 2.88. The van der Waals surface area contributed by atoms with Crippen molar-refractivity contribution in [3.8, 4) is 0 Å². The number of hydrogen-bond acceptors (Lipinski definition) is 3.